The number of alkyl carbamates (subject to hydrolysis) is 1. The molecule has 1 rings (SSSR count). The van der Waals surface area contributed by atoms with Crippen molar-refractivity contribution in [1.29, 1.82) is 0 Å². The molecule has 36 heavy (non-hydrogen) atoms. The molecule has 1 aromatic rings. The van der Waals surface area contributed by atoms with Gasteiger partial charge >= 0.3 is 6.09 Å². The lowest BCUT2D eigenvalue weighted by Crippen LogP contribution is -2.59. The minimum atomic E-state index is -0.994. The molecule has 0 aliphatic heterocycles. The Labute approximate surface area is 217 Å². The van der Waals surface area contributed by atoms with Gasteiger partial charge in [-0.3, -0.25) is 9.59 Å². The van der Waals surface area contributed by atoms with Crippen LogP contribution < -0.4 is 10.6 Å². The summed E-state index contributed by atoms with van der Waals surface area (Å²) < 4.78 is 5.42. The second-order valence-corrected chi connectivity index (χ2v) is 12.9. The third kappa shape index (κ3) is 9.70. The van der Waals surface area contributed by atoms with Gasteiger partial charge in [-0.2, -0.15) is 0 Å². The fourth-order valence-corrected chi connectivity index (χ4v) is 3.86. The first kappa shape index (κ1) is 31.3. The molecule has 0 fully saturated rings. The Morgan fingerprint density at radius 1 is 1.00 bits per heavy atom. The molecule has 2 unspecified atom stereocenters. The molecule has 0 aromatic heterocycles. The van der Waals surface area contributed by atoms with Crippen LogP contribution in [0.5, 0.6) is 5.75 Å². The van der Waals surface area contributed by atoms with Gasteiger partial charge in [-0.15, -0.1) is 0 Å². The maximum atomic E-state index is 14.2. The van der Waals surface area contributed by atoms with E-state index in [1.54, 1.807) is 39.8 Å². The van der Waals surface area contributed by atoms with Crippen molar-refractivity contribution >= 4 is 17.9 Å². The highest BCUT2D eigenvalue weighted by molar-refractivity contribution is 5.93. The number of benzene rings is 1. The number of carbonyl (C=O) groups excluding carboxylic acids is 3. The molecule has 3 amide bonds. The maximum Gasteiger partial charge on any atom is 0.408 e. The van der Waals surface area contributed by atoms with Crippen LogP contribution in [0.25, 0.3) is 0 Å². The van der Waals surface area contributed by atoms with E-state index in [4.69, 9.17) is 4.74 Å². The Kier molecular flexibility index (Phi) is 10.0. The highest BCUT2D eigenvalue weighted by atomic mass is 16.6. The number of aryl methyl sites for hydroxylation is 1. The number of nitrogens with one attached hydrogen (secondary N) is 2. The quantitative estimate of drug-likeness (QED) is 0.471. The molecular weight excluding hydrogens is 458 g/mol. The first-order valence-electron chi connectivity index (χ1n) is 12.6. The van der Waals surface area contributed by atoms with Crippen LogP contribution in [0.1, 0.15) is 99.8 Å². The fraction of sp³-hybridized carbons (Fsp3) is 0.679. The second-order valence-electron chi connectivity index (χ2n) is 12.9. The number of hydrogen-bond donors (Lipinski definition) is 3. The second kappa shape index (κ2) is 11.5. The summed E-state index contributed by atoms with van der Waals surface area (Å²) in [6, 6.07) is 3.00. The Morgan fingerprint density at radius 2 is 1.56 bits per heavy atom. The summed E-state index contributed by atoms with van der Waals surface area (Å²) in [7, 11) is 0. The van der Waals surface area contributed by atoms with Crippen LogP contribution in [-0.2, 0) is 14.3 Å². The van der Waals surface area contributed by atoms with E-state index in [-0.39, 0.29) is 23.5 Å². The largest absolute Gasteiger partial charge is 0.508 e. The van der Waals surface area contributed by atoms with E-state index in [1.807, 2.05) is 55.4 Å². The zero-order valence-electron chi connectivity index (χ0n) is 24.2. The summed E-state index contributed by atoms with van der Waals surface area (Å²) >= 11 is 0. The lowest BCUT2D eigenvalue weighted by atomic mass is 9.92. The van der Waals surface area contributed by atoms with Crippen LogP contribution >= 0.6 is 0 Å². The Morgan fingerprint density at radius 3 is 1.97 bits per heavy atom. The molecule has 1 aromatic carbocycles. The molecular formula is C28H47N3O5. The van der Waals surface area contributed by atoms with Crippen molar-refractivity contribution in [1.82, 2.24) is 15.5 Å². The number of ether oxygens (including phenoxy) is 1. The summed E-state index contributed by atoms with van der Waals surface area (Å²) in [5, 5.41) is 15.8. The van der Waals surface area contributed by atoms with Gasteiger partial charge in [0.05, 0.1) is 0 Å². The van der Waals surface area contributed by atoms with Crippen LogP contribution in [0.2, 0.25) is 0 Å². The summed E-state index contributed by atoms with van der Waals surface area (Å²) in [6.07, 6.45) is -0.320. The van der Waals surface area contributed by atoms with Crippen molar-refractivity contribution in [2.24, 2.45) is 5.92 Å². The van der Waals surface area contributed by atoms with E-state index < -0.39 is 34.9 Å². The van der Waals surface area contributed by atoms with E-state index in [0.29, 0.717) is 17.5 Å². The van der Waals surface area contributed by atoms with E-state index in [2.05, 4.69) is 10.6 Å². The topological polar surface area (TPSA) is 108 Å². The first-order chi connectivity index (χ1) is 16.1. The summed E-state index contributed by atoms with van der Waals surface area (Å²) in [5.41, 5.74) is -0.894. The molecule has 0 heterocycles. The van der Waals surface area contributed by atoms with Crippen LogP contribution in [0.3, 0.4) is 0 Å². The van der Waals surface area contributed by atoms with Crippen LogP contribution in [0, 0.1) is 12.8 Å². The van der Waals surface area contributed by atoms with Crippen molar-refractivity contribution in [3.63, 3.8) is 0 Å². The summed E-state index contributed by atoms with van der Waals surface area (Å²) in [4.78, 5) is 42.1. The van der Waals surface area contributed by atoms with Crippen molar-refractivity contribution in [2.75, 3.05) is 0 Å². The number of nitrogens with zero attached hydrogens (tertiary/aromatic N) is 1. The third-order valence-corrected chi connectivity index (χ3v) is 5.20. The number of hydrogen-bond acceptors (Lipinski definition) is 5. The molecule has 3 N–H and O–H groups in total. The number of phenolic OH excluding ortho intramolecular Hbond substituents is 1. The van der Waals surface area contributed by atoms with Crippen molar-refractivity contribution < 1.29 is 24.2 Å². The van der Waals surface area contributed by atoms with Gasteiger partial charge in [-0.25, -0.2) is 4.79 Å². The molecule has 0 radical (unpaired) electrons. The van der Waals surface area contributed by atoms with Gasteiger partial charge in [0, 0.05) is 11.1 Å². The van der Waals surface area contributed by atoms with Gasteiger partial charge in [0.1, 0.15) is 23.4 Å². The average Bonchev–Trinajstić information content (AvgIpc) is 2.63. The molecule has 0 spiro atoms. The lowest BCUT2D eigenvalue weighted by molar-refractivity contribution is -0.149. The van der Waals surface area contributed by atoms with E-state index in [1.165, 1.54) is 11.0 Å². The Balaban J connectivity index is 3.65. The minimum Gasteiger partial charge on any atom is -0.508 e. The molecule has 8 heteroatoms. The fourth-order valence-electron chi connectivity index (χ4n) is 3.86. The number of rotatable bonds is 7. The number of carbonyl (C=O) groups is 3. The van der Waals surface area contributed by atoms with Crippen molar-refractivity contribution in [3.05, 3.63) is 29.3 Å². The number of amides is 3. The smallest absolute Gasteiger partial charge is 0.408 e. The van der Waals surface area contributed by atoms with E-state index in [0.717, 1.165) is 0 Å². The average molecular weight is 506 g/mol. The highest BCUT2D eigenvalue weighted by Crippen LogP contribution is 2.33. The molecule has 0 saturated heterocycles. The minimum absolute atomic E-state index is 0.0912. The third-order valence-electron chi connectivity index (χ3n) is 5.20. The molecule has 204 valence electrons. The van der Waals surface area contributed by atoms with Gasteiger partial charge in [-0.05, 0) is 105 Å². The van der Waals surface area contributed by atoms with Gasteiger partial charge in [0.25, 0.3) is 0 Å². The van der Waals surface area contributed by atoms with Crippen molar-refractivity contribution in [2.45, 2.75) is 118 Å². The monoisotopic (exact) mass is 505 g/mol. The van der Waals surface area contributed by atoms with Crippen molar-refractivity contribution in [3.8, 4) is 5.75 Å². The van der Waals surface area contributed by atoms with Gasteiger partial charge < -0.3 is 25.4 Å². The normalized spacial score (nSPS) is 14.1. The van der Waals surface area contributed by atoms with Gasteiger partial charge in [0.15, 0.2) is 0 Å². The first-order valence-corrected chi connectivity index (χ1v) is 12.6. The van der Waals surface area contributed by atoms with E-state index in [9.17, 15) is 19.5 Å². The number of phenols is 1. The molecule has 0 aliphatic rings. The predicted octanol–water partition coefficient (Wildman–Crippen LogP) is 5.22. The molecule has 8 nitrogen and oxygen atoms in total. The number of aromatic hydroxyl groups is 1. The summed E-state index contributed by atoms with van der Waals surface area (Å²) in [5.74, 6) is -0.543. The van der Waals surface area contributed by atoms with Gasteiger partial charge in [0.2, 0.25) is 11.8 Å². The Hall–Kier alpha value is -2.77. The standard InChI is InChI=1S/C28H47N3O5/c1-17(2)15-20(29-25(35)36-28(10,11)12)24(34)31(27(7,8)9)22(23(33)30-26(4,5)6)19-13-14-21(32)18(3)16-19/h13-14,16-17,20,22,32H,15H2,1-12H3,(H,29,35)(H,30,33). The maximum absolute atomic E-state index is 14.2. The molecule has 0 aliphatic carbocycles. The zero-order chi connectivity index (χ0) is 28.2. The van der Waals surface area contributed by atoms with Crippen LogP contribution in [0.15, 0.2) is 18.2 Å². The van der Waals surface area contributed by atoms with Crippen LogP contribution in [-0.4, -0.2) is 50.6 Å². The lowest BCUT2D eigenvalue weighted by Gasteiger charge is -2.44. The molecule has 0 saturated carbocycles. The molecule has 0 bridgehead atoms. The zero-order valence-corrected chi connectivity index (χ0v) is 24.2. The molecule has 2 atom stereocenters. The predicted molar refractivity (Wildman–Crippen MR) is 143 cm³/mol. The van der Waals surface area contributed by atoms with E-state index >= 15 is 0 Å². The summed E-state index contributed by atoms with van der Waals surface area (Å²) in [6.45, 7) is 22.1. The van der Waals surface area contributed by atoms with Crippen LogP contribution in [0.4, 0.5) is 4.79 Å². The SMILES string of the molecule is Cc1cc(C(C(=O)NC(C)(C)C)N(C(=O)C(CC(C)C)NC(=O)OC(C)(C)C)C(C)(C)C)ccc1O. The highest BCUT2D eigenvalue weighted by Gasteiger charge is 2.42. The Bertz CT molecular complexity index is 936. The van der Waals surface area contributed by atoms with Gasteiger partial charge in [-0.1, -0.05) is 19.9 Å².